The second-order valence-electron chi connectivity index (χ2n) is 6.46. The van der Waals surface area contributed by atoms with Gasteiger partial charge in [0.2, 0.25) is 0 Å². The average Bonchev–Trinajstić information content (AvgIpc) is 2.81. The predicted octanol–water partition coefficient (Wildman–Crippen LogP) is 2.90. The van der Waals surface area contributed by atoms with Gasteiger partial charge in [0.1, 0.15) is 16.7 Å². The molecule has 0 atom stereocenters. The summed E-state index contributed by atoms with van der Waals surface area (Å²) in [4.78, 5) is 10.9. The molecule has 1 N–H and O–H groups in total. The molecule has 0 fully saturated rings. The fraction of sp³-hybridized carbons (Fsp3) is 0.353. The Morgan fingerprint density at radius 2 is 1.92 bits per heavy atom. The molecule has 0 aliphatic heterocycles. The van der Waals surface area contributed by atoms with Gasteiger partial charge in [0.25, 0.3) is 0 Å². The van der Waals surface area contributed by atoms with Gasteiger partial charge in [-0.15, -0.1) is 0 Å². The zero-order chi connectivity index (χ0) is 17.3. The zero-order valence-corrected chi connectivity index (χ0v) is 15.5. The second-order valence-corrected chi connectivity index (χ2v) is 7.22. The monoisotopic (exact) mass is 389 g/mol. The fourth-order valence-electron chi connectivity index (χ4n) is 2.74. The third-order valence-corrected chi connectivity index (χ3v) is 4.21. The molecule has 6 nitrogen and oxygen atoms in total. The van der Waals surface area contributed by atoms with Gasteiger partial charge in [-0.2, -0.15) is 5.10 Å². The smallest absolute Gasteiger partial charge is 0.164 e. The van der Waals surface area contributed by atoms with E-state index in [4.69, 9.17) is 0 Å². The number of hydrogen-bond donors (Lipinski definition) is 1. The van der Waals surface area contributed by atoms with Crippen LogP contribution < -0.4 is 4.90 Å². The van der Waals surface area contributed by atoms with E-state index in [0.717, 1.165) is 22.4 Å². The van der Waals surface area contributed by atoms with Crippen LogP contribution in [0.2, 0.25) is 0 Å². The molecule has 0 spiro atoms. The quantitative estimate of drug-likeness (QED) is 0.726. The number of nitrogens with zero attached hydrogens (tertiary/aromatic N) is 5. The van der Waals surface area contributed by atoms with Gasteiger partial charge in [-0.1, -0.05) is 30.3 Å². The molecule has 0 saturated heterocycles. The number of aliphatic hydroxyl groups is 1. The molecule has 0 aliphatic carbocycles. The molecule has 0 radical (unpaired) electrons. The maximum absolute atomic E-state index is 10.4. The number of rotatable bonds is 5. The number of halogens is 1. The van der Waals surface area contributed by atoms with Crippen molar-refractivity contribution in [3.63, 3.8) is 0 Å². The van der Waals surface area contributed by atoms with E-state index in [1.807, 2.05) is 25.2 Å². The lowest BCUT2D eigenvalue weighted by Gasteiger charge is -2.30. The lowest BCUT2D eigenvalue weighted by atomic mass is 10.1. The number of aryl methyl sites for hydroxylation is 1. The molecule has 0 saturated carbocycles. The van der Waals surface area contributed by atoms with Crippen LogP contribution in [0.15, 0.2) is 41.3 Å². The number of fused-ring (bicyclic) bond motifs is 1. The van der Waals surface area contributed by atoms with Crippen LogP contribution in [-0.2, 0) is 13.6 Å². The maximum Gasteiger partial charge on any atom is 0.164 e. The van der Waals surface area contributed by atoms with E-state index in [1.54, 1.807) is 18.5 Å². The van der Waals surface area contributed by atoms with Gasteiger partial charge in [0, 0.05) is 20.1 Å². The summed E-state index contributed by atoms with van der Waals surface area (Å²) >= 11 is 3.50. The van der Waals surface area contributed by atoms with Gasteiger partial charge in [-0.25, -0.2) is 14.6 Å². The van der Waals surface area contributed by atoms with Crippen LogP contribution in [0.4, 0.5) is 5.82 Å². The standard InChI is InChI=1S/C17H20BrN5O/c1-17(2,24)10-23(9-12-7-5-4-6-8-12)16-13-14(18)21-22(3)15(13)19-11-20-16/h4-8,11,24H,9-10H2,1-3H3. The molecule has 3 rings (SSSR count). The highest BCUT2D eigenvalue weighted by atomic mass is 79.9. The van der Waals surface area contributed by atoms with Crippen molar-refractivity contribution in [2.45, 2.75) is 26.0 Å². The van der Waals surface area contributed by atoms with E-state index >= 15 is 0 Å². The summed E-state index contributed by atoms with van der Waals surface area (Å²) in [5, 5.41) is 15.6. The Morgan fingerprint density at radius 3 is 2.58 bits per heavy atom. The molecule has 3 aromatic rings. The molecule has 0 amide bonds. The minimum Gasteiger partial charge on any atom is -0.389 e. The first-order chi connectivity index (χ1) is 11.3. The Kier molecular flexibility index (Phi) is 4.56. The predicted molar refractivity (Wildman–Crippen MR) is 97.8 cm³/mol. The van der Waals surface area contributed by atoms with Crippen LogP contribution >= 0.6 is 15.9 Å². The third kappa shape index (κ3) is 3.57. The van der Waals surface area contributed by atoms with Gasteiger partial charge < -0.3 is 10.0 Å². The number of anilines is 1. The molecule has 7 heteroatoms. The summed E-state index contributed by atoms with van der Waals surface area (Å²) in [6, 6.07) is 10.1. The van der Waals surface area contributed by atoms with Crippen LogP contribution in [0.3, 0.4) is 0 Å². The van der Waals surface area contributed by atoms with Gasteiger partial charge in [-0.3, -0.25) is 0 Å². The lowest BCUT2D eigenvalue weighted by molar-refractivity contribution is 0.0868. The van der Waals surface area contributed by atoms with E-state index in [1.165, 1.54) is 6.33 Å². The second kappa shape index (κ2) is 6.49. The van der Waals surface area contributed by atoms with Gasteiger partial charge in [-0.05, 0) is 35.3 Å². The molecular formula is C17H20BrN5O. The molecular weight excluding hydrogens is 370 g/mol. The Bertz CT molecular complexity index is 841. The molecule has 0 unspecified atom stereocenters. The van der Waals surface area contributed by atoms with Crippen molar-refractivity contribution < 1.29 is 5.11 Å². The summed E-state index contributed by atoms with van der Waals surface area (Å²) in [5.41, 5.74) is 1.04. The van der Waals surface area contributed by atoms with Crippen LogP contribution in [0, 0.1) is 0 Å². The molecule has 1 aromatic carbocycles. The van der Waals surface area contributed by atoms with Gasteiger partial charge in [0.15, 0.2) is 5.65 Å². The van der Waals surface area contributed by atoms with Crippen molar-refractivity contribution in [3.05, 3.63) is 46.8 Å². The molecule has 0 aliphatic rings. The van der Waals surface area contributed by atoms with Crippen molar-refractivity contribution in [2.24, 2.45) is 7.05 Å². The van der Waals surface area contributed by atoms with Crippen molar-refractivity contribution >= 4 is 32.8 Å². The highest BCUT2D eigenvalue weighted by Crippen LogP contribution is 2.31. The first-order valence-electron chi connectivity index (χ1n) is 7.69. The summed E-state index contributed by atoms with van der Waals surface area (Å²) in [6.45, 7) is 4.66. The average molecular weight is 390 g/mol. The highest BCUT2D eigenvalue weighted by molar-refractivity contribution is 9.10. The first kappa shape index (κ1) is 16.9. The topological polar surface area (TPSA) is 67.1 Å². The SMILES string of the molecule is Cn1nc(Br)c2c(N(Cc3ccccc3)CC(C)(C)O)ncnc21. The Morgan fingerprint density at radius 1 is 1.21 bits per heavy atom. The largest absolute Gasteiger partial charge is 0.389 e. The summed E-state index contributed by atoms with van der Waals surface area (Å²) < 4.78 is 2.42. The Hall–Kier alpha value is -1.99. The Balaban J connectivity index is 2.08. The van der Waals surface area contributed by atoms with Gasteiger partial charge >= 0.3 is 0 Å². The zero-order valence-electron chi connectivity index (χ0n) is 13.9. The highest BCUT2D eigenvalue weighted by Gasteiger charge is 2.24. The fourth-order valence-corrected chi connectivity index (χ4v) is 3.34. The number of hydrogen-bond acceptors (Lipinski definition) is 5. The summed E-state index contributed by atoms with van der Waals surface area (Å²) in [7, 11) is 1.85. The van der Waals surface area contributed by atoms with Crippen LogP contribution in [-0.4, -0.2) is 37.0 Å². The van der Waals surface area contributed by atoms with Crippen molar-refractivity contribution in [2.75, 3.05) is 11.4 Å². The van der Waals surface area contributed by atoms with E-state index in [9.17, 15) is 5.11 Å². The van der Waals surface area contributed by atoms with Crippen molar-refractivity contribution in [3.8, 4) is 0 Å². The van der Waals surface area contributed by atoms with Crippen LogP contribution in [0.1, 0.15) is 19.4 Å². The Labute approximate surface area is 149 Å². The third-order valence-electron chi connectivity index (χ3n) is 3.65. The molecule has 2 aromatic heterocycles. The number of aromatic nitrogens is 4. The van der Waals surface area contributed by atoms with E-state index in [-0.39, 0.29) is 0 Å². The van der Waals surface area contributed by atoms with Crippen molar-refractivity contribution in [1.29, 1.82) is 0 Å². The summed E-state index contributed by atoms with van der Waals surface area (Å²) in [6.07, 6.45) is 1.54. The normalized spacial score (nSPS) is 11.9. The first-order valence-corrected chi connectivity index (χ1v) is 8.49. The van der Waals surface area contributed by atoms with E-state index in [0.29, 0.717) is 17.7 Å². The maximum atomic E-state index is 10.4. The minimum atomic E-state index is -0.860. The lowest BCUT2D eigenvalue weighted by Crippen LogP contribution is -2.39. The van der Waals surface area contributed by atoms with Crippen LogP contribution in [0.25, 0.3) is 11.0 Å². The van der Waals surface area contributed by atoms with Crippen molar-refractivity contribution in [1.82, 2.24) is 19.7 Å². The molecule has 126 valence electrons. The molecule has 0 bridgehead atoms. The van der Waals surface area contributed by atoms with Gasteiger partial charge in [0.05, 0.1) is 11.0 Å². The van der Waals surface area contributed by atoms with Crippen LogP contribution in [0.5, 0.6) is 0 Å². The molecule has 2 heterocycles. The van der Waals surface area contributed by atoms with E-state index in [2.05, 4.69) is 48.0 Å². The summed E-state index contributed by atoms with van der Waals surface area (Å²) in [5.74, 6) is 0.756. The minimum absolute atomic E-state index is 0.440. The molecule has 24 heavy (non-hydrogen) atoms. The number of benzene rings is 1. The van der Waals surface area contributed by atoms with E-state index < -0.39 is 5.60 Å².